The molecule has 17 heavy (non-hydrogen) atoms. The zero-order valence-electron chi connectivity index (χ0n) is 9.28. The van der Waals surface area contributed by atoms with E-state index in [1.807, 2.05) is 42.5 Å². The number of amides is 1. The van der Waals surface area contributed by atoms with Gasteiger partial charge in [0.25, 0.3) is 0 Å². The van der Waals surface area contributed by atoms with Crippen LogP contribution in [0.25, 0.3) is 0 Å². The van der Waals surface area contributed by atoms with E-state index in [1.165, 1.54) is 5.06 Å². The first-order valence-electron chi connectivity index (χ1n) is 5.68. The molecule has 88 valence electrons. The summed E-state index contributed by atoms with van der Waals surface area (Å²) in [5.74, 6) is 0. The molecule has 0 radical (unpaired) electrons. The van der Waals surface area contributed by atoms with Gasteiger partial charge < -0.3 is 4.74 Å². The van der Waals surface area contributed by atoms with E-state index in [2.05, 4.69) is 0 Å². The van der Waals surface area contributed by atoms with Crippen LogP contribution in [0.2, 0.25) is 0 Å². The van der Waals surface area contributed by atoms with E-state index in [-0.39, 0.29) is 18.8 Å². The minimum atomic E-state index is -0.411. The fraction of sp³-hybridized carbons (Fsp3) is 0.308. The van der Waals surface area contributed by atoms with Gasteiger partial charge in [0, 0.05) is 6.42 Å². The molecule has 4 nitrogen and oxygen atoms in total. The predicted octanol–water partition coefficient (Wildman–Crippen LogP) is 2.27. The summed E-state index contributed by atoms with van der Waals surface area (Å²) >= 11 is 0. The second kappa shape index (κ2) is 4.22. The molecule has 4 heteroatoms. The molecule has 3 rings (SSSR count). The molecule has 2 aliphatic rings. The standard InChI is InChI=1S/C13H13NO3/c15-13(14-11-6-7-12(8-11)17-14)16-9-10-4-2-1-3-5-10/h1-7,11-12H,8-9H2/t11-,12-/m0/s1. The van der Waals surface area contributed by atoms with Gasteiger partial charge >= 0.3 is 6.09 Å². The van der Waals surface area contributed by atoms with Crippen LogP contribution in [0.5, 0.6) is 0 Å². The summed E-state index contributed by atoms with van der Waals surface area (Å²) in [4.78, 5) is 17.1. The van der Waals surface area contributed by atoms with Gasteiger partial charge in [0.2, 0.25) is 0 Å². The molecule has 2 bridgehead atoms. The highest BCUT2D eigenvalue weighted by Gasteiger charge is 2.39. The molecule has 1 aliphatic carbocycles. The van der Waals surface area contributed by atoms with Gasteiger partial charge in [0.05, 0.1) is 6.04 Å². The SMILES string of the molecule is O=C(OCc1ccccc1)N1O[C@H]2C=C[C@H]1C2. The minimum Gasteiger partial charge on any atom is -0.443 e. The molecule has 0 N–H and O–H groups in total. The molecular weight excluding hydrogens is 218 g/mol. The predicted molar refractivity (Wildman–Crippen MR) is 60.9 cm³/mol. The molecule has 0 unspecified atom stereocenters. The fourth-order valence-electron chi connectivity index (χ4n) is 2.08. The Morgan fingerprint density at radius 1 is 1.35 bits per heavy atom. The van der Waals surface area contributed by atoms with Gasteiger partial charge in [0.15, 0.2) is 0 Å². The highest BCUT2D eigenvalue weighted by atomic mass is 16.7. The van der Waals surface area contributed by atoms with Crippen molar-refractivity contribution in [3.05, 3.63) is 48.0 Å². The molecule has 1 aromatic rings. The van der Waals surface area contributed by atoms with E-state index in [1.54, 1.807) is 0 Å². The van der Waals surface area contributed by atoms with Crippen molar-refractivity contribution in [2.45, 2.75) is 25.2 Å². The lowest BCUT2D eigenvalue weighted by atomic mass is 10.2. The average Bonchev–Trinajstić information content (AvgIpc) is 2.99. The molecule has 1 fully saturated rings. The summed E-state index contributed by atoms with van der Waals surface area (Å²) in [6, 6.07) is 9.65. The molecule has 0 spiro atoms. The van der Waals surface area contributed by atoms with E-state index >= 15 is 0 Å². The van der Waals surface area contributed by atoms with Crippen molar-refractivity contribution in [1.82, 2.24) is 5.06 Å². The molecule has 0 saturated carbocycles. The van der Waals surface area contributed by atoms with Gasteiger partial charge in [-0.15, -0.1) is 0 Å². The van der Waals surface area contributed by atoms with Crippen LogP contribution in [0.1, 0.15) is 12.0 Å². The van der Waals surface area contributed by atoms with Crippen molar-refractivity contribution in [2.24, 2.45) is 0 Å². The zero-order valence-corrected chi connectivity index (χ0v) is 9.28. The number of hydrogen-bond acceptors (Lipinski definition) is 3. The second-order valence-electron chi connectivity index (χ2n) is 4.20. The third kappa shape index (κ3) is 2.03. The van der Waals surface area contributed by atoms with Crippen LogP contribution in [0, 0.1) is 0 Å². The van der Waals surface area contributed by atoms with Crippen molar-refractivity contribution in [3.8, 4) is 0 Å². The number of ether oxygens (including phenoxy) is 1. The van der Waals surface area contributed by atoms with Crippen LogP contribution in [-0.4, -0.2) is 23.3 Å². The summed E-state index contributed by atoms with van der Waals surface area (Å²) in [5, 5.41) is 1.33. The van der Waals surface area contributed by atoms with Gasteiger partial charge in [-0.2, -0.15) is 5.06 Å². The maximum Gasteiger partial charge on any atom is 0.434 e. The Labute approximate surface area is 99.4 Å². The number of hydroxylamine groups is 2. The van der Waals surface area contributed by atoms with Crippen molar-refractivity contribution < 1.29 is 14.4 Å². The van der Waals surface area contributed by atoms with E-state index in [0.717, 1.165) is 12.0 Å². The van der Waals surface area contributed by atoms with Gasteiger partial charge in [-0.25, -0.2) is 4.79 Å². The lowest BCUT2D eigenvalue weighted by molar-refractivity contribution is -0.129. The Morgan fingerprint density at radius 2 is 2.18 bits per heavy atom. The van der Waals surface area contributed by atoms with E-state index in [9.17, 15) is 4.79 Å². The molecule has 1 aromatic carbocycles. The molecule has 2 atom stereocenters. The summed E-state index contributed by atoms with van der Waals surface area (Å²) < 4.78 is 5.19. The Bertz CT molecular complexity index is 443. The lowest BCUT2D eigenvalue weighted by Gasteiger charge is -2.21. The van der Waals surface area contributed by atoms with Gasteiger partial charge in [0.1, 0.15) is 12.7 Å². The second-order valence-corrected chi connectivity index (χ2v) is 4.20. The normalized spacial score (nSPS) is 25.3. The molecule has 1 aliphatic heterocycles. The monoisotopic (exact) mass is 231 g/mol. The maximum absolute atomic E-state index is 11.8. The first kappa shape index (κ1) is 10.4. The molecular formula is C13H13NO3. The number of hydrogen-bond donors (Lipinski definition) is 0. The van der Waals surface area contributed by atoms with Gasteiger partial charge in [-0.05, 0) is 5.56 Å². The summed E-state index contributed by atoms with van der Waals surface area (Å²) in [6.45, 7) is 0.278. The average molecular weight is 231 g/mol. The maximum atomic E-state index is 11.8. The Kier molecular flexibility index (Phi) is 2.57. The van der Waals surface area contributed by atoms with Crippen LogP contribution >= 0.6 is 0 Å². The van der Waals surface area contributed by atoms with Gasteiger partial charge in [-0.1, -0.05) is 42.5 Å². The molecule has 1 saturated heterocycles. The van der Waals surface area contributed by atoms with E-state index in [0.29, 0.717) is 0 Å². The summed E-state index contributed by atoms with van der Waals surface area (Å²) in [5.41, 5.74) is 0.973. The number of carbonyl (C=O) groups excluding carboxylic acids is 1. The first-order chi connectivity index (χ1) is 8.33. The van der Waals surface area contributed by atoms with Crippen LogP contribution in [0.4, 0.5) is 4.79 Å². The lowest BCUT2D eigenvalue weighted by Crippen LogP contribution is -2.35. The van der Waals surface area contributed by atoms with Crippen molar-refractivity contribution in [2.75, 3.05) is 0 Å². The molecule has 1 heterocycles. The summed E-state index contributed by atoms with van der Waals surface area (Å²) in [7, 11) is 0. The van der Waals surface area contributed by atoms with Crippen LogP contribution in [0.3, 0.4) is 0 Å². The highest BCUT2D eigenvalue weighted by Crippen LogP contribution is 2.29. The van der Waals surface area contributed by atoms with Gasteiger partial charge in [-0.3, -0.25) is 4.84 Å². The molecule has 0 aromatic heterocycles. The Hall–Kier alpha value is -1.81. The smallest absolute Gasteiger partial charge is 0.434 e. The fourth-order valence-corrected chi connectivity index (χ4v) is 2.08. The van der Waals surface area contributed by atoms with Crippen molar-refractivity contribution in [3.63, 3.8) is 0 Å². The molecule has 1 amide bonds. The van der Waals surface area contributed by atoms with E-state index in [4.69, 9.17) is 9.57 Å². The largest absolute Gasteiger partial charge is 0.443 e. The Balaban J connectivity index is 1.56. The third-order valence-electron chi connectivity index (χ3n) is 2.96. The van der Waals surface area contributed by atoms with Crippen molar-refractivity contribution in [1.29, 1.82) is 0 Å². The summed E-state index contributed by atoms with van der Waals surface area (Å²) in [6.07, 6.45) is 4.44. The Morgan fingerprint density at radius 3 is 2.82 bits per heavy atom. The van der Waals surface area contributed by atoms with E-state index < -0.39 is 6.09 Å². The number of rotatable bonds is 2. The highest BCUT2D eigenvalue weighted by molar-refractivity contribution is 5.67. The first-order valence-corrected chi connectivity index (χ1v) is 5.68. The number of benzene rings is 1. The zero-order chi connectivity index (χ0) is 11.7. The topological polar surface area (TPSA) is 38.8 Å². The number of carbonyl (C=O) groups is 1. The number of fused-ring (bicyclic) bond motifs is 2. The quantitative estimate of drug-likeness (QED) is 0.733. The minimum absolute atomic E-state index is 0.0447. The number of nitrogens with zero attached hydrogens (tertiary/aromatic N) is 1. The van der Waals surface area contributed by atoms with Crippen LogP contribution in [-0.2, 0) is 16.2 Å². The van der Waals surface area contributed by atoms with Crippen LogP contribution < -0.4 is 0 Å². The third-order valence-corrected chi connectivity index (χ3v) is 2.96. The van der Waals surface area contributed by atoms with Crippen molar-refractivity contribution >= 4 is 6.09 Å². The van der Waals surface area contributed by atoms with Crippen LogP contribution in [0.15, 0.2) is 42.5 Å².